The Morgan fingerprint density at radius 2 is 2.00 bits per heavy atom. The van der Waals surface area contributed by atoms with Gasteiger partial charge in [0.2, 0.25) is 0 Å². The lowest BCUT2D eigenvalue weighted by molar-refractivity contribution is 0.0490. The first-order chi connectivity index (χ1) is 11.4. The number of anilines is 1. The molecular weight excluding hydrogens is 313 g/mol. The number of para-hydroxylation sites is 1. The molecule has 0 aliphatic carbocycles. The van der Waals surface area contributed by atoms with Crippen LogP contribution in [0.25, 0.3) is 0 Å². The van der Waals surface area contributed by atoms with Crippen LogP contribution in [-0.2, 0) is 7.05 Å². The number of amides is 2. The van der Waals surface area contributed by atoms with Crippen molar-refractivity contribution in [3.05, 3.63) is 58.3 Å². The largest absolute Gasteiger partial charge is 0.486 e. The van der Waals surface area contributed by atoms with Crippen LogP contribution in [0.4, 0.5) is 14.9 Å². The second-order valence-corrected chi connectivity index (χ2v) is 5.78. The number of pyridine rings is 1. The summed E-state index contributed by atoms with van der Waals surface area (Å²) in [5, 5.41) is 2.53. The molecule has 1 N–H and O–H groups in total. The molecule has 0 bridgehead atoms. The van der Waals surface area contributed by atoms with Gasteiger partial charge in [-0.25, -0.2) is 9.18 Å². The highest BCUT2D eigenvalue weighted by Crippen LogP contribution is 2.19. The van der Waals surface area contributed by atoms with Gasteiger partial charge in [-0.15, -0.1) is 0 Å². The van der Waals surface area contributed by atoms with Gasteiger partial charge >= 0.3 is 6.03 Å². The molecule has 2 amide bonds. The number of urea groups is 1. The van der Waals surface area contributed by atoms with Gasteiger partial charge in [-0.2, -0.15) is 0 Å². The number of ether oxygens (including phenoxy) is 1. The third-order valence-corrected chi connectivity index (χ3v) is 4.03. The van der Waals surface area contributed by atoms with Crippen LogP contribution in [0.2, 0.25) is 0 Å². The first kappa shape index (κ1) is 16.0. The molecule has 0 spiro atoms. The lowest BCUT2D eigenvalue weighted by Crippen LogP contribution is -2.57. The number of rotatable bonds is 3. The maximum absolute atomic E-state index is 13.5. The fourth-order valence-corrected chi connectivity index (χ4v) is 2.43. The van der Waals surface area contributed by atoms with Crippen molar-refractivity contribution in [3.63, 3.8) is 0 Å². The highest BCUT2D eigenvalue weighted by molar-refractivity contribution is 5.90. The van der Waals surface area contributed by atoms with E-state index in [1.54, 1.807) is 25.2 Å². The third kappa shape index (κ3) is 3.24. The molecule has 1 aliphatic heterocycles. The second-order valence-electron chi connectivity index (χ2n) is 5.78. The van der Waals surface area contributed by atoms with Gasteiger partial charge in [-0.3, -0.25) is 4.79 Å². The summed E-state index contributed by atoms with van der Waals surface area (Å²) in [6, 6.07) is 8.83. The number of benzene rings is 1. The Balaban J connectivity index is 1.55. The van der Waals surface area contributed by atoms with Gasteiger partial charge in [0, 0.05) is 18.8 Å². The molecule has 0 atom stereocenters. The third-order valence-electron chi connectivity index (χ3n) is 4.03. The smallest absolute Gasteiger partial charge is 0.322 e. The normalized spacial score (nSPS) is 14.2. The van der Waals surface area contributed by atoms with Crippen LogP contribution in [0.15, 0.2) is 41.2 Å². The molecule has 7 heteroatoms. The lowest BCUT2D eigenvalue weighted by atomic mass is 10.2. The summed E-state index contributed by atoms with van der Waals surface area (Å²) in [6.07, 6.45) is -0.178. The molecule has 1 aromatic heterocycles. The van der Waals surface area contributed by atoms with Crippen molar-refractivity contribution in [2.45, 2.75) is 13.0 Å². The van der Waals surface area contributed by atoms with Gasteiger partial charge in [0.05, 0.1) is 18.8 Å². The molecule has 0 unspecified atom stereocenters. The summed E-state index contributed by atoms with van der Waals surface area (Å²) in [5.74, 6) is 0.0181. The standard InChI is InChI=1S/C17H18FN3O3/c1-11-7-12(8-16(22)20(11)2)24-13-9-21(10-13)17(23)19-15-6-4-3-5-14(15)18/h3-8,13H,9-10H2,1-2H3,(H,19,23). The molecule has 2 heterocycles. The average Bonchev–Trinajstić information content (AvgIpc) is 2.50. The van der Waals surface area contributed by atoms with Crippen molar-refractivity contribution in [2.75, 3.05) is 18.4 Å². The highest BCUT2D eigenvalue weighted by atomic mass is 19.1. The van der Waals surface area contributed by atoms with Gasteiger partial charge in [0.15, 0.2) is 0 Å². The summed E-state index contributed by atoms with van der Waals surface area (Å²) in [6.45, 7) is 2.59. The second kappa shape index (κ2) is 6.35. The van der Waals surface area contributed by atoms with E-state index in [9.17, 15) is 14.0 Å². The molecule has 1 aromatic carbocycles. The maximum atomic E-state index is 13.5. The minimum atomic E-state index is -0.477. The van der Waals surface area contributed by atoms with E-state index >= 15 is 0 Å². The Morgan fingerprint density at radius 1 is 1.29 bits per heavy atom. The number of carbonyl (C=O) groups excluding carboxylic acids is 1. The summed E-state index contributed by atoms with van der Waals surface area (Å²) >= 11 is 0. The van der Waals surface area contributed by atoms with E-state index in [-0.39, 0.29) is 23.4 Å². The predicted molar refractivity (Wildman–Crippen MR) is 87.8 cm³/mol. The van der Waals surface area contributed by atoms with Crippen LogP contribution in [0.3, 0.4) is 0 Å². The van der Waals surface area contributed by atoms with Crippen LogP contribution in [0, 0.1) is 12.7 Å². The van der Waals surface area contributed by atoms with Gasteiger partial charge in [0.25, 0.3) is 5.56 Å². The van der Waals surface area contributed by atoms with E-state index in [2.05, 4.69) is 5.32 Å². The average molecular weight is 331 g/mol. The molecule has 24 heavy (non-hydrogen) atoms. The number of hydrogen-bond donors (Lipinski definition) is 1. The zero-order valence-corrected chi connectivity index (χ0v) is 13.5. The summed E-state index contributed by atoms with van der Waals surface area (Å²) in [7, 11) is 1.69. The minimum Gasteiger partial charge on any atom is -0.486 e. The molecule has 0 saturated carbocycles. The molecule has 3 rings (SSSR count). The molecular formula is C17H18FN3O3. The van der Waals surface area contributed by atoms with Gasteiger partial charge < -0.3 is 19.5 Å². The van der Waals surface area contributed by atoms with Crippen molar-refractivity contribution < 1.29 is 13.9 Å². The molecule has 6 nitrogen and oxygen atoms in total. The minimum absolute atomic E-state index is 0.140. The number of hydrogen-bond acceptors (Lipinski definition) is 3. The zero-order valence-electron chi connectivity index (χ0n) is 13.5. The monoisotopic (exact) mass is 331 g/mol. The molecule has 126 valence electrons. The first-order valence-corrected chi connectivity index (χ1v) is 7.59. The molecule has 2 aromatic rings. The van der Waals surface area contributed by atoms with Gasteiger partial charge in [-0.05, 0) is 25.1 Å². The Morgan fingerprint density at radius 3 is 2.67 bits per heavy atom. The van der Waals surface area contributed by atoms with Crippen LogP contribution < -0.4 is 15.6 Å². The number of carbonyl (C=O) groups is 1. The van der Waals surface area contributed by atoms with Crippen LogP contribution in [-0.4, -0.2) is 34.7 Å². The molecule has 0 radical (unpaired) electrons. The number of likely N-dealkylation sites (tertiary alicyclic amines) is 1. The number of aryl methyl sites for hydroxylation is 1. The topological polar surface area (TPSA) is 63.6 Å². The van der Waals surface area contributed by atoms with E-state index in [1.165, 1.54) is 27.7 Å². The van der Waals surface area contributed by atoms with Gasteiger partial charge in [0.1, 0.15) is 17.7 Å². The summed E-state index contributed by atoms with van der Waals surface area (Å²) < 4.78 is 20.8. The lowest BCUT2D eigenvalue weighted by Gasteiger charge is -2.38. The van der Waals surface area contributed by atoms with E-state index in [0.717, 1.165) is 5.69 Å². The van der Waals surface area contributed by atoms with E-state index in [0.29, 0.717) is 18.8 Å². The highest BCUT2D eigenvalue weighted by Gasteiger charge is 2.32. The van der Waals surface area contributed by atoms with Crippen LogP contribution >= 0.6 is 0 Å². The maximum Gasteiger partial charge on any atom is 0.322 e. The molecule has 1 saturated heterocycles. The fourth-order valence-electron chi connectivity index (χ4n) is 2.43. The van der Waals surface area contributed by atoms with Crippen molar-refractivity contribution in [1.29, 1.82) is 0 Å². The van der Waals surface area contributed by atoms with Crippen molar-refractivity contribution >= 4 is 11.7 Å². The Labute approximate surface area is 138 Å². The quantitative estimate of drug-likeness (QED) is 0.937. The number of halogens is 1. The summed E-state index contributed by atoms with van der Waals surface area (Å²) in [5.41, 5.74) is 0.804. The number of nitrogens with zero attached hydrogens (tertiary/aromatic N) is 2. The molecule has 1 fully saturated rings. The zero-order chi connectivity index (χ0) is 17.3. The summed E-state index contributed by atoms with van der Waals surface area (Å²) in [4.78, 5) is 25.3. The SMILES string of the molecule is Cc1cc(OC2CN(C(=O)Nc3ccccc3F)C2)cc(=O)n1C. The van der Waals surface area contributed by atoms with E-state index in [1.807, 2.05) is 6.92 Å². The number of aromatic nitrogens is 1. The first-order valence-electron chi connectivity index (χ1n) is 7.59. The van der Waals surface area contributed by atoms with Crippen LogP contribution in [0.5, 0.6) is 5.75 Å². The fraction of sp³-hybridized carbons (Fsp3) is 0.294. The van der Waals surface area contributed by atoms with Crippen molar-refractivity contribution in [3.8, 4) is 5.75 Å². The van der Waals surface area contributed by atoms with Crippen molar-refractivity contribution in [2.24, 2.45) is 7.05 Å². The predicted octanol–water partition coefficient (Wildman–Crippen LogP) is 2.13. The van der Waals surface area contributed by atoms with E-state index in [4.69, 9.17) is 4.74 Å². The Kier molecular flexibility index (Phi) is 4.24. The van der Waals surface area contributed by atoms with Crippen molar-refractivity contribution in [1.82, 2.24) is 9.47 Å². The number of nitrogens with one attached hydrogen (secondary N) is 1. The molecule has 1 aliphatic rings. The van der Waals surface area contributed by atoms with E-state index < -0.39 is 5.82 Å². The van der Waals surface area contributed by atoms with Crippen LogP contribution in [0.1, 0.15) is 5.69 Å². The Hall–Kier alpha value is -2.83. The van der Waals surface area contributed by atoms with Gasteiger partial charge in [-0.1, -0.05) is 12.1 Å². The Bertz CT molecular complexity index is 828.